The van der Waals surface area contributed by atoms with Crippen molar-refractivity contribution in [2.24, 2.45) is 0 Å². The summed E-state index contributed by atoms with van der Waals surface area (Å²) in [4.78, 5) is 0. The van der Waals surface area contributed by atoms with Gasteiger partial charge >= 0.3 is 0 Å². The molecule has 2 heteroatoms. The second-order valence-electron chi connectivity index (χ2n) is 4.40. The second-order valence-corrected chi connectivity index (χ2v) is 5.32. The topological polar surface area (TPSA) is 12.0 Å². The Kier molecular flexibility index (Phi) is 4.97. The van der Waals surface area contributed by atoms with Crippen molar-refractivity contribution < 1.29 is 0 Å². The summed E-state index contributed by atoms with van der Waals surface area (Å²) in [6.45, 7) is 3.99. The highest BCUT2D eigenvalue weighted by Crippen LogP contribution is 2.11. The van der Waals surface area contributed by atoms with Crippen molar-refractivity contribution >= 4 is 15.9 Å². The van der Waals surface area contributed by atoms with Gasteiger partial charge in [0.1, 0.15) is 0 Å². The number of rotatable bonds is 5. The average molecular weight is 304 g/mol. The van der Waals surface area contributed by atoms with E-state index in [-0.39, 0.29) is 0 Å². The molecule has 0 atom stereocenters. The smallest absolute Gasteiger partial charge is 0.0209 e. The van der Waals surface area contributed by atoms with Crippen molar-refractivity contribution in [2.45, 2.75) is 26.4 Å². The summed E-state index contributed by atoms with van der Waals surface area (Å²) in [6.07, 6.45) is 1.10. The maximum Gasteiger partial charge on any atom is 0.0209 e. The molecule has 0 unspecified atom stereocenters. The van der Waals surface area contributed by atoms with Crippen LogP contribution in [0.5, 0.6) is 0 Å². The molecule has 1 nitrogen and oxygen atoms in total. The molecule has 0 aromatic heterocycles. The molecule has 2 aromatic rings. The summed E-state index contributed by atoms with van der Waals surface area (Å²) in [5, 5.41) is 3.46. The Balaban J connectivity index is 1.84. The van der Waals surface area contributed by atoms with E-state index in [1.807, 2.05) is 6.07 Å². The summed E-state index contributed by atoms with van der Waals surface area (Å²) in [7, 11) is 0. The maximum absolute atomic E-state index is 3.49. The van der Waals surface area contributed by atoms with Crippen molar-refractivity contribution in [2.75, 3.05) is 0 Å². The minimum atomic E-state index is 0.898. The molecule has 0 fully saturated rings. The van der Waals surface area contributed by atoms with Gasteiger partial charge in [-0.3, -0.25) is 0 Å². The summed E-state index contributed by atoms with van der Waals surface area (Å²) in [5.74, 6) is 0. The maximum atomic E-state index is 3.49. The molecular formula is C16H18BrN. The highest BCUT2D eigenvalue weighted by atomic mass is 79.9. The van der Waals surface area contributed by atoms with Gasteiger partial charge in [0, 0.05) is 17.6 Å². The zero-order chi connectivity index (χ0) is 12.8. The molecule has 0 spiro atoms. The average Bonchev–Trinajstić information content (AvgIpc) is 2.40. The quantitative estimate of drug-likeness (QED) is 0.868. The highest BCUT2D eigenvalue weighted by Gasteiger charge is 1.96. The van der Waals surface area contributed by atoms with Crippen LogP contribution < -0.4 is 5.32 Å². The third kappa shape index (κ3) is 3.97. The Morgan fingerprint density at radius 1 is 0.889 bits per heavy atom. The lowest BCUT2D eigenvalue weighted by Gasteiger charge is -2.06. The number of halogens is 1. The fraction of sp³-hybridized carbons (Fsp3) is 0.250. The molecule has 2 aromatic carbocycles. The van der Waals surface area contributed by atoms with Gasteiger partial charge in [0.15, 0.2) is 0 Å². The van der Waals surface area contributed by atoms with Gasteiger partial charge in [0.05, 0.1) is 0 Å². The Morgan fingerprint density at radius 3 is 2.22 bits per heavy atom. The van der Waals surface area contributed by atoms with Gasteiger partial charge < -0.3 is 5.32 Å². The zero-order valence-corrected chi connectivity index (χ0v) is 12.2. The van der Waals surface area contributed by atoms with Gasteiger partial charge in [0.2, 0.25) is 0 Å². The van der Waals surface area contributed by atoms with E-state index in [0.29, 0.717) is 0 Å². The van der Waals surface area contributed by atoms with Crippen LogP contribution in [0.2, 0.25) is 0 Å². The first-order valence-electron chi connectivity index (χ1n) is 6.31. The van der Waals surface area contributed by atoms with Gasteiger partial charge in [-0.1, -0.05) is 59.3 Å². The Hall–Kier alpha value is -1.12. The lowest BCUT2D eigenvalue weighted by molar-refractivity contribution is 0.693. The minimum Gasteiger partial charge on any atom is -0.309 e. The molecule has 2 rings (SSSR count). The van der Waals surface area contributed by atoms with Crippen molar-refractivity contribution in [3.8, 4) is 0 Å². The molecule has 0 amide bonds. The summed E-state index contributed by atoms with van der Waals surface area (Å²) < 4.78 is 1.13. The Morgan fingerprint density at radius 2 is 1.56 bits per heavy atom. The fourth-order valence-electron chi connectivity index (χ4n) is 1.89. The number of nitrogens with one attached hydrogen (secondary N) is 1. The second kappa shape index (κ2) is 6.72. The molecule has 0 radical (unpaired) electrons. The fourth-order valence-corrected chi connectivity index (χ4v) is 2.34. The lowest BCUT2D eigenvalue weighted by Crippen LogP contribution is -2.12. The number of hydrogen-bond acceptors (Lipinski definition) is 1. The largest absolute Gasteiger partial charge is 0.309 e. The molecule has 18 heavy (non-hydrogen) atoms. The van der Waals surface area contributed by atoms with E-state index in [0.717, 1.165) is 24.0 Å². The molecule has 0 saturated heterocycles. The Bertz CT molecular complexity index is 491. The predicted octanol–water partition coefficient (Wildman–Crippen LogP) is 4.30. The number of aryl methyl sites for hydroxylation is 1. The molecule has 0 aliphatic carbocycles. The van der Waals surface area contributed by atoms with E-state index in [9.17, 15) is 0 Å². The van der Waals surface area contributed by atoms with Crippen molar-refractivity contribution in [3.63, 3.8) is 0 Å². The van der Waals surface area contributed by atoms with Crippen LogP contribution in [-0.4, -0.2) is 0 Å². The molecule has 0 aliphatic rings. The minimum absolute atomic E-state index is 0.898. The van der Waals surface area contributed by atoms with Gasteiger partial charge in [-0.15, -0.1) is 0 Å². The van der Waals surface area contributed by atoms with Crippen molar-refractivity contribution in [3.05, 3.63) is 69.7 Å². The van der Waals surface area contributed by atoms with E-state index in [1.54, 1.807) is 0 Å². The van der Waals surface area contributed by atoms with Crippen LogP contribution in [-0.2, 0) is 19.5 Å². The first-order chi connectivity index (χ1) is 8.78. The molecule has 0 saturated carbocycles. The summed E-state index contributed by atoms with van der Waals surface area (Å²) in [5.41, 5.74) is 4.03. The zero-order valence-electron chi connectivity index (χ0n) is 10.6. The van der Waals surface area contributed by atoms with Crippen LogP contribution in [0.25, 0.3) is 0 Å². The Labute approximate surface area is 117 Å². The van der Waals surface area contributed by atoms with Crippen LogP contribution in [0.1, 0.15) is 23.6 Å². The van der Waals surface area contributed by atoms with E-state index in [2.05, 4.69) is 70.6 Å². The number of benzene rings is 2. The van der Waals surface area contributed by atoms with Gasteiger partial charge in [-0.25, -0.2) is 0 Å². The third-order valence-corrected chi connectivity index (χ3v) is 3.47. The lowest BCUT2D eigenvalue weighted by atomic mass is 10.1. The predicted molar refractivity (Wildman–Crippen MR) is 80.5 cm³/mol. The molecule has 1 N–H and O–H groups in total. The number of hydrogen-bond donors (Lipinski definition) is 1. The van der Waals surface area contributed by atoms with Crippen LogP contribution in [0.3, 0.4) is 0 Å². The van der Waals surface area contributed by atoms with E-state index in [4.69, 9.17) is 0 Å². The normalized spacial score (nSPS) is 10.6. The van der Waals surface area contributed by atoms with Gasteiger partial charge in [-0.2, -0.15) is 0 Å². The SMILES string of the molecule is CCc1ccc(CNCc2cccc(Br)c2)cc1. The van der Waals surface area contributed by atoms with Crippen LogP contribution in [0, 0.1) is 0 Å². The first kappa shape index (κ1) is 13.3. The van der Waals surface area contributed by atoms with Gasteiger partial charge in [0.25, 0.3) is 0 Å². The molecule has 0 bridgehead atoms. The van der Waals surface area contributed by atoms with Crippen molar-refractivity contribution in [1.82, 2.24) is 5.32 Å². The molecule has 0 heterocycles. The van der Waals surface area contributed by atoms with Crippen LogP contribution >= 0.6 is 15.9 Å². The molecule has 94 valence electrons. The highest BCUT2D eigenvalue weighted by molar-refractivity contribution is 9.10. The van der Waals surface area contributed by atoms with E-state index in [1.165, 1.54) is 16.7 Å². The molecule has 0 aliphatic heterocycles. The van der Waals surface area contributed by atoms with Crippen LogP contribution in [0.15, 0.2) is 53.0 Å². The molecular weight excluding hydrogens is 286 g/mol. The van der Waals surface area contributed by atoms with Gasteiger partial charge in [-0.05, 0) is 35.2 Å². The standard InChI is InChI=1S/C16H18BrN/c1-2-13-6-8-14(9-7-13)11-18-12-15-4-3-5-16(17)10-15/h3-10,18H,2,11-12H2,1H3. The van der Waals surface area contributed by atoms with E-state index < -0.39 is 0 Å². The third-order valence-electron chi connectivity index (χ3n) is 2.98. The summed E-state index contributed by atoms with van der Waals surface area (Å²) >= 11 is 3.49. The van der Waals surface area contributed by atoms with E-state index >= 15 is 0 Å². The first-order valence-corrected chi connectivity index (χ1v) is 7.10. The monoisotopic (exact) mass is 303 g/mol. The van der Waals surface area contributed by atoms with Crippen LogP contribution in [0.4, 0.5) is 0 Å². The summed E-state index contributed by atoms with van der Waals surface area (Å²) in [6, 6.07) is 17.2. The van der Waals surface area contributed by atoms with Crippen molar-refractivity contribution in [1.29, 1.82) is 0 Å².